The molecule has 2 aromatic rings. The maximum atomic E-state index is 13.6. The van der Waals surface area contributed by atoms with Gasteiger partial charge in [0.2, 0.25) is 11.8 Å². The van der Waals surface area contributed by atoms with Crippen molar-refractivity contribution in [1.29, 1.82) is 0 Å². The van der Waals surface area contributed by atoms with Crippen LogP contribution in [0.2, 0.25) is 0 Å². The molecule has 180 valence electrons. The highest BCUT2D eigenvalue weighted by atomic mass is 32.2. The molecular formula is C27H33N3O3S. The van der Waals surface area contributed by atoms with Gasteiger partial charge in [-0.3, -0.25) is 14.4 Å². The lowest BCUT2D eigenvalue weighted by Crippen LogP contribution is -2.57. The summed E-state index contributed by atoms with van der Waals surface area (Å²) in [5, 5.41) is 5.78. The summed E-state index contributed by atoms with van der Waals surface area (Å²) in [4.78, 5) is 41.6. The Kier molecular flexibility index (Phi) is 6.76. The Labute approximate surface area is 205 Å². The maximum Gasteiger partial charge on any atom is 0.256 e. The predicted octanol–water partition coefficient (Wildman–Crippen LogP) is 4.19. The SMILES string of the molecule is Cc1ccc(CNC(=O)[C@H](CC(C)C)NC(=O)[C@H]2N3C(=O)c4ccccc4C3SC2(C)C)cc1. The maximum absolute atomic E-state index is 13.6. The molecule has 4 rings (SSSR count). The fourth-order valence-electron chi connectivity index (χ4n) is 4.78. The number of nitrogens with one attached hydrogen (secondary N) is 2. The van der Waals surface area contributed by atoms with E-state index in [1.54, 1.807) is 16.7 Å². The average Bonchev–Trinajstić information content (AvgIpc) is 3.21. The average molecular weight is 480 g/mol. The summed E-state index contributed by atoms with van der Waals surface area (Å²) >= 11 is 1.62. The highest BCUT2D eigenvalue weighted by Gasteiger charge is 2.57. The number of hydrogen-bond acceptors (Lipinski definition) is 4. The molecule has 0 aromatic heterocycles. The Bertz CT molecular complexity index is 1100. The molecule has 2 N–H and O–H groups in total. The third kappa shape index (κ3) is 4.71. The fraction of sp³-hybridized carbons (Fsp3) is 0.444. The van der Waals surface area contributed by atoms with Gasteiger partial charge < -0.3 is 15.5 Å². The number of rotatable bonds is 7. The van der Waals surface area contributed by atoms with Crippen LogP contribution < -0.4 is 10.6 Å². The van der Waals surface area contributed by atoms with Gasteiger partial charge in [0, 0.05) is 16.9 Å². The monoisotopic (exact) mass is 479 g/mol. The molecule has 0 spiro atoms. The van der Waals surface area contributed by atoms with Gasteiger partial charge in [-0.25, -0.2) is 0 Å². The lowest BCUT2D eigenvalue weighted by molar-refractivity contribution is -0.132. The Morgan fingerprint density at radius 3 is 2.44 bits per heavy atom. The van der Waals surface area contributed by atoms with E-state index in [2.05, 4.69) is 10.6 Å². The molecule has 0 aliphatic carbocycles. The number of carbonyl (C=O) groups is 3. The third-order valence-electron chi connectivity index (χ3n) is 6.47. The summed E-state index contributed by atoms with van der Waals surface area (Å²) in [7, 11) is 0. The van der Waals surface area contributed by atoms with Crippen molar-refractivity contribution < 1.29 is 14.4 Å². The van der Waals surface area contributed by atoms with Gasteiger partial charge in [0.05, 0.1) is 0 Å². The van der Waals surface area contributed by atoms with Crippen LogP contribution in [0, 0.1) is 12.8 Å². The first-order chi connectivity index (χ1) is 16.1. The third-order valence-corrected chi connectivity index (χ3v) is 8.01. The summed E-state index contributed by atoms with van der Waals surface area (Å²) < 4.78 is -0.487. The molecule has 2 aliphatic rings. The number of fused-ring (bicyclic) bond motifs is 3. The zero-order chi connectivity index (χ0) is 24.6. The van der Waals surface area contributed by atoms with E-state index in [4.69, 9.17) is 0 Å². The number of thioether (sulfide) groups is 1. The van der Waals surface area contributed by atoms with Gasteiger partial charge in [-0.05, 0) is 50.3 Å². The van der Waals surface area contributed by atoms with E-state index in [1.807, 2.05) is 83.1 Å². The summed E-state index contributed by atoms with van der Waals surface area (Å²) in [5.41, 5.74) is 3.78. The van der Waals surface area contributed by atoms with E-state index in [0.29, 0.717) is 18.5 Å². The molecular weight excluding hydrogens is 446 g/mol. The van der Waals surface area contributed by atoms with E-state index < -0.39 is 16.8 Å². The van der Waals surface area contributed by atoms with E-state index in [0.717, 1.165) is 16.7 Å². The van der Waals surface area contributed by atoms with Gasteiger partial charge >= 0.3 is 0 Å². The minimum atomic E-state index is -0.669. The Balaban J connectivity index is 1.50. The van der Waals surface area contributed by atoms with Crippen molar-refractivity contribution in [2.24, 2.45) is 5.92 Å². The van der Waals surface area contributed by atoms with Crippen molar-refractivity contribution in [2.45, 2.75) is 69.8 Å². The number of carbonyl (C=O) groups excluding carboxylic acids is 3. The summed E-state index contributed by atoms with van der Waals surface area (Å²) in [6.45, 7) is 10.5. The molecule has 34 heavy (non-hydrogen) atoms. The van der Waals surface area contributed by atoms with Gasteiger partial charge in [-0.1, -0.05) is 61.9 Å². The number of benzene rings is 2. The smallest absolute Gasteiger partial charge is 0.256 e. The molecule has 0 bridgehead atoms. The van der Waals surface area contributed by atoms with Crippen molar-refractivity contribution in [3.05, 3.63) is 70.8 Å². The first kappa shape index (κ1) is 24.3. The molecule has 1 fully saturated rings. The second-order valence-corrected chi connectivity index (χ2v) is 11.9. The summed E-state index contributed by atoms with van der Waals surface area (Å²) in [6, 6.07) is 14.2. The molecule has 2 aliphatic heterocycles. The molecule has 3 amide bonds. The highest BCUT2D eigenvalue weighted by Crippen LogP contribution is 2.56. The fourth-order valence-corrected chi connectivity index (χ4v) is 6.36. The quantitative estimate of drug-likeness (QED) is 0.624. The molecule has 1 saturated heterocycles. The van der Waals surface area contributed by atoms with Crippen LogP contribution >= 0.6 is 11.8 Å². The zero-order valence-corrected chi connectivity index (χ0v) is 21.2. The van der Waals surface area contributed by atoms with Gasteiger partial charge in [-0.2, -0.15) is 0 Å². The number of aryl methyl sites for hydroxylation is 1. The topological polar surface area (TPSA) is 78.5 Å². The zero-order valence-electron chi connectivity index (χ0n) is 20.4. The Morgan fingerprint density at radius 2 is 1.76 bits per heavy atom. The van der Waals surface area contributed by atoms with E-state index in [1.165, 1.54) is 0 Å². The molecule has 3 atom stereocenters. The molecule has 6 nitrogen and oxygen atoms in total. The molecule has 2 aromatic carbocycles. The molecule has 1 unspecified atom stereocenters. The molecule has 7 heteroatoms. The van der Waals surface area contributed by atoms with Crippen molar-refractivity contribution in [3.8, 4) is 0 Å². The van der Waals surface area contributed by atoms with Crippen molar-refractivity contribution >= 4 is 29.5 Å². The highest BCUT2D eigenvalue weighted by molar-refractivity contribution is 8.01. The largest absolute Gasteiger partial charge is 0.350 e. The second-order valence-electron chi connectivity index (χ2n) is 10.2. The first-order valence-electron chi connectivity index (χ1n) is 11.8. The second kappa shape index (κ2) is 9.45. The Morgan fingerprint density at radius 1 is 1.09 bits per heavy atom. The normalized spacial score (nSPS) is 21.2. The van der Waals surface area contributed by atoms with Gasteiger partial charge in [0.15, 0.2) is 0 Å². The summed E-state index contributed by atoms with van der Waals surface area (Å²) in [5.74, 6) is -0.397. The van der Waals surface area contributed by atoms with Crippen LogP contribution in [-0.2, 0) is 16.1 Å². The molecule has 0 saturated carbocycles. The minimum absolute atomic E-state index is 0.122. The lowest BCUT2D eigenvalue weighted by atomic mass is 9.98. The van der Waals surface area contributed by atoms with Crippen LogP contribution in [0.1, 0.15) is 66.5 Å². The number of nitrogens with zero attached hydrogens (tertiary/aromatic N) is 1. The van der Waals surface area contributed by atoms with E-state index in [-0.39, 0.29) is 29.0 Å². The minimum Gasteiger partial charge on any atom is -0.350 e. The lowest BCUT2D eigenvalue weighted by Gasteiger charge is -2.31. The Hall–Kier alpha value is -2.80. The van der Waals surface area contributed by atoms with Crippen molar-refractivity contribution in [3.63, 3.8) is 0 Å². The number of hydrogen-bond donors (Lipinski definition) is 2. The molecule has 2 heterocycles. The number of amides is 3. The van der Waals surface area contributed by atoms with Gasteiger partial charge in [0.1, 0.15) is 17.5 Å². The first-order valence-corrected chi connectivity index (χ1v) is 12.7. The van der Waals surface area contributed by atoms with Crippen LogP contribution in [0.15, 0.2) is 48.5 Å². The van der Waals surface area contributed by atoms with Gasteiger partial charge in [-0.15, -0.1) is 11.8 Å². The van der Waals surface area contributed by atoms with Crippen LogP contribution in [0.5, 0.6) is 0 Å². The summed E-state index contributed by atoms with van der Waals surface area (Å²) in [6.07, 6.45) is 0.517. The predicted molar refractivity (Wildman–Crippen MR) is 135 cm³/mol. The van der Waals surface area contributed by atoms with Crippen LogP contribution in [-0.4, -0.2) is 39.5 Å². The van der Waals surface area contributed by atoms with Crippen molar-refractivity contribution in [1.82, 2.24) is 15.5 Å². The van der Waals surface area contributed by atoms with Crippen LogP contribution in [0.4, 0.5) is 0 Å². The van der Waals surface area contributed by atoms with E-state index in [9.17, 15) is 14.4 Å². The van der Waals surface area contributed by atoms with Gasteiger partial charge in [0.25, 0.3) is 5.91 Å². The molecule has 0 radical (unpaired) electrons. The van der Waals surface area contributed by atoms with Crippen LogP contribution in [0.3, 0.4) is 0 Å². The van der Waals surface area contributed by atoms with Crippen LogP contribution in [0.25, 0.3) is 0 Å². The standard InChI is InChI=1S/C27H33N3O3S/c1-16(2)14-21(23(31)28-15-18-12-10-17(3)11-13-18)29-24(32)22-27(4,5)34-26-20-9-7-6-8-19(20)25(33)30(22)26/h6-13,16,21-22,26H,14-15H2,1-5H3,(H,28,31)(H,29,32)/t21-,22+,26?/m0/s1. The van der Waals surface area contributed by atoms with Crippen molar-refractivity contribution in [2.75, 3.05) is 0 Å². The van der Waals surface area contributed by atoms with E-state index >= 15 is 0 Å².